The number of nitrogens with zero attached hydrogens (tertiary/aromatic N) is 4. The number of fused-ring (bicyclic) bond motifs is 2. The van der Waals surface area contributed by atoms with E-state index in [1.165, 1.54) is 4.68 Å². The maximum absolute atomic E-state index is 13.5. The lowest BCUT2D eigenvalue weighted by atomic mass is 10.1. The normalized spacial score (nSPS) is 12.7. The van der Waals surface area contributed by atoms with Crippen LogP contribution in [0.2, 0.25) is 5.02 Å². The van der Waals surface area contributed by atoms with Crippen LogP contribution < -0.4 is 5.56 Å². The largest absolute Gasteiger partial charge is 0.340 e. The average molecular weight is 562 g/mol. The fraction of sp³-hybridized carbons (Fsp3) is 0.207. The van der Waals surface area contributed by atoms with Gasteiger partial charge < -0.3 is 4.57 Å². The first-order valence-corrected chi connectivity index (χ1v) is 13.1. The van der Waals surface area contributed by atoms with E-state index in [2.05, 4.69) is 53.4 Å². The van der Waals surface area contributed by atoms with Crippen molar-refractivity contribution in [3.63, 3.8) is 0 Å². The molecule has 5 nitrogen and oxygen atoms in total. The van der Waals surface area contributed by atoms with Gasteiger partial charge in [0.1, 0.15) is 5.82 Å². The molecule has 0 unspecified atom stereocenters. The minimum Gasteiger partial charge on any atom is -0.340 e. The lowest BCUT2D eigenvalue weighted by Crippen LogP contribution is -2.23. The monoisotopic (exact) mass is 560 g/mol. The molecule has 36 heavy (non-hydrogen) atoms. The fourth-order valence-electron chi connectivity index (χ4n) is 4.52. The lowest BCUT2D eigenvalue weighted by Gasteiger charge is -2.14. The highest BCUT2D eigenvalue weighted by molar-refractivity contribution is 9.10. The molecule has 2 aromatic heterocycles. The van der Waals surface area contributed by atoms with E-state index in [-0.39, 0.29) is 11.5 Å². The Morgan fingerprint density at radius 3 is 2.61 bits per heavy atom. The highest BCUT2D eigenvalue weighted by Gasteiger charge is 2.17. The lowest BCUT2D eigenvalue weighted by molar-refractivity contribution is 0.613. The molecule has 0 aliphatic rings. The van der Waals surface area contributed by atoms with E-state index in [4.69, 9.17) is 21.7 Å². The molecule has 5 rings (SSSR count). The molecule has 0 aliphatic heterocycles. The smallest absolute Gasteiger partial charge is 0.282 e. The molecule has 0 aliphatic carbocycles. The van der Waals surface area contributed by atoms with Crippen molar-refractivity contribution < 1.29 is 0 Å². The van der Waals surface area contributed by atoms with E-state index >= 15 is 0 Å². The summed E-state index contributed by atoms with van der Waals surface area (Å²) in [6, 6.07) is 21.7. The Morgan fingerprint density at radius 1 is 1.08 bits per heavy atom. The van der Waals surface area contributed by atoms with Crippen LogP contribution in [0.15, 0.2) is 81.1 Å². The van der Waals surface area contributed by atoms with Gasteiger partial charge in [-0.05, 0) is 49.2 Å². The van der Waals surface area contributed by atoms with Gasteiger partial charge in [-0.15, -0.1) is 0 Å². The third-order valence-electron chi connectivity index (χ3n) is 6.75. The van der Waals surface area contributed by atoms with Crippen LogP contribution in [-0.4, -0.2) is 20.4 Å². The highest BCUT2D eigenvalue weighted by Crippen LogP contribution is 2.28. The number of benzene rings is 3. The zero-order valence-corrected chi connectivity index (χ0v) is 22.7. The molecule has 0 saturated carbocycles. The zero-order valence-electron chi connectivity index (χ0n) is 20.4. The van der Waals surface area contributed by atoms with Gasteiger partial charge in [-0.2, -0.15) is 9.78 Å². The summed E-state index contributed by atoms with van der Waals surface area (Å²) in [7, 11) is 0. The first-order chi connectivity index (χ1) is 17.4. The molecular formula is C29H26BrClN4O. The molecule has 0 N–H and O–H groups in total. The van der Waals surface area contributed by atoms with Crippen molar-refractivity contribution in [2.75, 3.05) is 0 Å². The Bertz CT molecular complexity index is 1680. The van der Waals surface area contributed by atoms with Gasteiger partial charge in [-0.25, -0.2) is 4.98 Å². The maximum Gasteiger partial charge on any atom is 0.282 e. The number of para-hydroxylation sites is 1. The number of rotatable bonds is 6. The summed E-state index contributed by atoms with van der Waals surface area (Å²) in [6.07, 6.45) is 2.64. The van der Waals surface area contributed by atoms with Crippen molar-refractivity contribution in [2.45, 2.75) is 39.7 Å². The molecule has 0 spiro atoms. The van der Waals surface area contributed by atoms with Crippen LogP contribution in [0.1, 0.15) is 48.8 Å². The molecular weight excluding hydrogens is 536 g/mol. The van der Waals surface area contributed by atoms with Gasteiger partial charge in [0.05, 0.1) is 17.1 Å². The van der Waals surface area contributed by atoms with E-state index in [1.807, 2.05) is 48.5 Å². The molecule has 3 aromatic carbocycles. The summed E-state index contributed by atoms with van der Waals surface area (Å²) in [6.45, 7) is 6.87. The van der Waals surface area contributed by atoms with Crippen molar-refractivity contribution in [2.24, 2.45) is 5.10 Å². The molecule has 0 amide bonds. The van der Waals surface area contributed by atoms with Crippen LogP contribution in [0.5, 0.6) is 0 Å². The van der Waals surface area contributed by atoms with Crippen molar-refractivity contribution >= 4 is 55.6 Å². The third-order valence-corrected chi connectivity index (χ3v) is 7.62. The Hall–Kier alpha value is -3.22. The molecule has 0 saturated heterocycles. The molecule has 7 heteroatoms. The summed E-state index contributed by atoms with van der Waals surface area (Å²) in [4.78, 5) is 18.4. The molecule has 0 bridgehead atoms. The van der Waals surface area contributed by atoms with Gasteiger partial charge in [0, 0.05) is 44.1 Å². The minimum atomic E-state index is -0.176. The molecule has 5 aromatic rings. The molecule has 0 radical (unpaired) electrons. The second-order valence-corrected chi connectivity index (χ2v) is 10.3. The summed E-state index contributed by atoms with van der Waals surface area (Å²) in [5.74, 6) is 0.733. The summed E-state index contributed by atoms with van der Waals surface area (Å²) < 4.78 is 4.54. The number of aromatic nitrogens is 3. The highest BCUT2D eigenvalue weighted by atomic mass is 79.9. The minimum absolute atomic E-state index is 0.0746. The van der Waals surface area contributed by atoms with Crippen molar-refractivity contribution in [3.8, 4) is 0 Å². The van der Waals surface area contributed by atoms with Crippen molar-refractivity contribution in [1.29, 1.82) is 0 Å². The average Bonchev–Trinajstić information content (AvgIpc) is 3.15. The standard InChI is InChI=1S/C29H26BrClN4O/c1-4-18(2)28-33-26-14-13-21(30)15-23(26)29(36)35(28)32-16-24-19(3)34(27-12-8-6-10-22(24)27)17-20-9-5-7-11-25(20)31/h5-16,18H,4,17H2,1-3H3/t18-/m0/s1. The summed E-state index contributed by atoms with van der Waals surface area (Å²) in [5.41, 5.74) is 4.66. The zero-order chi connectivity index (χ0) is 25.4. The van der Waals surface area contributed by atoms with Crippen LogP contribution in [-0.2, 0) is 6.54 Å². The van der Waals surface area contributed by atoms with E-state index in [9.17, 15) is 4.79 Å². The van der Waals surface area contributed by atoms with E-state index < -0.39 is 0 Å². The number of hydrogen-bond acceptors (Lipinski definition) is 3. The van der Waals surface area contributed by atoms with Gasteiger partial charge in [0.2, 0.25) is 0 Å². The SMILES string of the molecule is CC[C@H](C)c1nc2ccc(Br)cc2c(=O)n1N=Cc1c(C)n(Cc2ccccc2Cl)c2ccccc12. The number of hydrogen-bond donors (Lipinski definition) is 0. The van der Waals surface area contributed by atoms with Gasteiger partial charge in [0.25, 0.3) is 5.56 Å². The first-order valence-electron chi connectivity index (χ1n) is 12.0. The van der Waals surface area contributed by atoms with Crippen molar-refractivity contribution in [3.05, 3.63) is 109 Å². The van der Waals surface area contributed by atoms with E-state index in [0.29, 0.717) is 23.3 Å². The quantitative estimate of drug-likeness (QED) is 0.201. The Morgan fingerprint density at radius 2 is 1.83 bits per heavy atom. The van der Waals surface area contributed by atoms with E-state index in [1.54, 1.807) is 12.3 Å². The summed E-state index contributed by atoms with van der Waals surface area (Å²) >= 11 is 9.95. The predicted molar refractivity (Wildman–Crippen MR) is 153 cm³/mol. The fourth-order valence-corrected chi connectivity index (χ4v) is 5.07. The first kappa shape index (κ1) is 24.5. The molecule has 0 fully saturated rings. The van der Waals surface area contributed by atoms with Gasteiger partial charge in [-0.1, -0.05) is 77.8 Å². The summed E-state index contributed by atoms with van der Waals surface area (Å²) in [5, 5.41) is 7.08. The number of halogens is 2. The Balaban J connectivity index is 1.68. The second-order valence-electron chi connectivity index (χ2n) is 9.00. The van der Waals surface area contributed by atoms with Gasteiger partial charge in [-0.3, -0.25) is 4.79 Å². The third kappa shape index (κ3) is 4.40. The van der Waals surface area contributed by atoms with Crippen LogP contribution >= 0.6 is 27.5 Å². The van der Waals surface area contributed by atoms with Crippen LogP contribution in [0.3, 0.4) is 0 Å². The molecule has 2 heterocycles. The molecule has 1 atom stereocenters. The topological polar surface area (TPSA) is 52.2 Å². The van der Waals surface area contributed by atoms with Crippen molar-refractivity contribution in [1.82, 2.24) is 14.2 Å². The van der Waals surface area contributed by atoms with Crippen LogP contribution in [0, 0.1) is 6.92 Å². The second kappa shape index (κ2) is 10.0. The van der Waals surface area contributed by atoms with Gasteiger partial charge in [0.15, 0.2) is 0 Å². The predicted octanol–water partition coefficient (Wildman–Crippen LogP) is 7.52. The van der Waals surface area contributed by atoms with Gasteiger partial charge >= 0.3 is 0 Å². The maximum atomic E-state index is 13.5. The van der Waals surface area contributed by atoms with Crippen LogP contribution in [0.25, 0.3) is 21.8 Å². The Labute approximate surface area is 223 Å². The molecule has 182 valence electrons. The van der Waals surface area contributed by atoms with Crippen LogP contribution in [0.4, 0.5) is 0 Å². The van der Waals surface area contributed by atoms with E-state index in [0.717, 1.165) is 43.6 Å². The Kier molecular flexibility index (Phi) is 6.82.